The monoisotopic (exact) mass is 434 g/mol. The van der Waals surface area contributed by atoms with Crippen molar-refractivity contribution in [3.05, 3.63) is 35.1 Å². The molecule has 0 aromatic heterocycles. The van der Waals surface area contributed by atoms with E-state index in [4.69, 9.17) is 9.47 Å². The first-order valence-corrected chi connectivity index (χ1v) is 9.29. The Labute approximate surface area is 172 Å². The average Bonchev–Trinajstić information content (AvgIpc) is 2.46. The minimum Gasteiger partial charge on any atom is -0.444 e. The van der Waals surface area contributed by atoms with Crippen molar-refractivity contribution < 1.29 is 36.6 Å². The number of halogens is 4. The Morgan fingerprint density at radius 1 is 1.00 bits per heavy atom. The van der Waals surface area contributed by atoms with Crippen LogP contribution in [0.4, 0.5) is 27.2 Å². The van der Waals surface area contributed by atoms with Crippen molar-refractivity contribution in [1.82, 2.24) is 10.2 Å². The van der Waals surface area contributed by atoms with Crippen molar-refractivity contribution in [3.8, 4) is 0 Å². The number of hydrogen-bond acceptors (Lipinski definition) is 4. The minimum absolute atomic E-state index is 0.278. The van der Waals surface area contributed by atoms with Crippen molar-refractivity contribution >= 4 is 12.2 Å². The van der Waals surface area contributed by atoms with E-state index in [2.05, 4.69) is 5.32 Å². The van der Waals surface area contributed by atoms with Gasteiger partial charge in [-0.15, -0.1) is 0 Å². The van der Waals surface area contributed by atoms with E-state index in [1.54, 1.807) is 41.5 Å². The smallest absolute Gasteiger partial charge is 0.419 e. The molecule has 1 heterocycles. The largest absolute Gasteiger partial charge is 0.444 e. The second kappa shape index (κ2) is 7.63. The van der Waals surface area contributed by atoms with Crippen LogP contribution in [0.25, 0.3) is 0 Å². The lowest BCUT2D eigenvalue weighted by Gasteiger charge is -2.50. The molecule has 30 heavy (non-hydrogen) atoms. The number of nitrogens with one attached hydrogen (secondary N) is 1. The first kappa shape index (κ1) is 23.8. The molecular formula is C20H26F4N2O4. The molecule has 0 atom stereocenters. The standard InChI is InChI=1S/C20H26F4N2O4/c1-17(2,3)29-15(27)25-19(10-26(11-19)16(28)30-18(4,5)6)12-8-7-9-13(14(12)21)20(22,23)24/h7-9H,10-11H2,1-6H3,(H,25,27). The molecule has 6 nitrogen and oxygen atoms in total. The first-order chi connectivity index (χ1) is 13.4. The molecule has 168 valence electrons. The number of nitrogens with zero attached hydrogens (tertiary/aromatic N) is 1. The summed E-state index contributed by atoms with van der Waals surface area (Å²) in [6.45, 7) is 9.24. The third-order valence-corrected chi connectivity index (χ3v) is 4.13. The van der Waals surface area contributed by atoms with Crippen LogP contribution in [0.3, 0.4) is 0 Å². The summed E-state index contributed by atoms with van der Waals surface area (Å²) in [4.78, 5) is 25.8. The molecule has 0 saturated carbocycles. The summed E-state index contributed by atoms with van der Waals surface area (Å²) >= 11 is 0. The molecule has 1 aromatic carbocycles. The average molecular weight is 434 g/mol. The molecule has 10 heteroatoms. The Morgan fingerprint density at radius 2 is 1.53 bits per heavy atom. The summed E-state index contributed by atoms with van der Waals surface area (Å²) in [7, 11) is 0. The number of ether oxygens (including phenoxy) is 2. The predicted octanol–water partition coefficient (Wildman–Crippen LogP) is 4.82. The van der Waals surface area contributed by atoms with Crippen LogP contribution in [0.15, 0.2) is 18.2 Å². The molecule has 0 radical (unpaired) electrons. The van der Waals surface area contributed by atoms with Gasteiger partial charge in [0, 0.05) is 5.56 Å². The van der Waals surface area contributed by atoms with E-state index in [0.717, 1.165) is 12.1 Å². The molecule has 1 fully saturated rings. The summed E-state index contributed by atoms with van der Waals surface area (Å²) in [5.41, 5.74) is -5.12. The van der Waals surface area contributed by atoms with E-state index in [-0.39, 0.29) is 18.7 Å². The summed E-state index contributed by atoms with van der Waals surface area (Å²) in [6, 6.07) is 2.81. The lowest BCUT2D eigenvalue weighted by atomic mass is 9.81. The molecule has 0 unspecified atom stereocenters. The number of amides is 2. The zero-order valence-corrected chi connectivity index (χ0v) is 17.7. The highest BCUT2D eigenvalue weighted by Crippen LogP contribution is 2.39. The quantitative estimate of drug-likeness (QED) is 0.678. The topological polar surface area (TPSA) is 67.9 Å². The number of likely N-dealkylation sites (tertiary alicyclic amines) is 1. The lowest BCUT2D eigenvalue weighted by Crippen LogP contribution is -2.69. The van der Waals surface area contributed by atoms with Gasteiger partial charge in [0.15, 0.2) is 0 Å². The van der Waals surface area contributed by atoms with Crippen molar-refractivity contribution in [1.29, 1.82) is 0 Å². The SMILES string of the molecule is CC(C)(C)OC(=O)NC1(c2cccc(C(F)(F)F)c2F)CN(C(=O)OC(C)(C)C)C1. The van der Waals surface area contributed by atoms with Gasteiger partial charge in [0.1, 0.15) is 22.6 Å². The van der Waals surface area contributed by atoms with Crippen molar-refractivity contribution in [3.63, 3.8) is 0 Å². The van der Waals surface area contributed by atoms with Gasteiger partial charge in [-0.05, 0) is 47.6 Å². The van der Waals surface area contributed by atoms with Crippen LogP contribution in [0, 0.1) is 5.82 Å². The highest BCUT2D eigenvalue weighted by molar-refractivity contribution is 5.73. The highest BCUT2D eigenvalue weighted by Gasteiger charge is 2.52. The lowest BCUT2D eigenvalue weighted by molar-refractivity contribution is -0.140. The van der Waals surface area contributed by atoms with Crippen LogP contribution in [0.2, 0.25) is 0 Å². The molecule has 1 aliphatic heterocycles. The molecule has 0 bridgehead atoms. The molecule has 1 aliphatic rings. The van der Waals surface area contributed by atoms with E-state index in [1.807, 2.05) is 0 Å². The van der Waals surface area contributed by atoms with Gasteiger partial charge in [0.05, 0.1) is 18.7 Å². The number of alkyl carbamates (subject to hydrolysis) is 1. The summed E-state index contributed by atoms with van der Waals surface area (Å²) in [6.07, 6.45) is -6.58. The van der Waals surface area contributed by atoms with Crippen LogP contribution in [0.5, 0.6) is 0 Å². The van der Waals surface area contributed by atoms with Crippen LogP contribution < -0.4 is 5.32 Å². The second-order valence-electron chi connectivity index (χ2n) is 9.21. The number of alkyl halides is 3. The number of benzene rings is 1. The van der Waals surface area contributed by atoms with Gasteiger partial charge in [-0.2, -0.15) is 13.2 Å². The maximum atomic E-state index is 14.8. The fourth-order valence-electron chi connectivity index (χ4n) is 3.00. The van der Waals surface area contributed by atoms with Crippen molar-refractivity contribution in [2.24, 2.45) is 0 Å². The van der Waals surface area contributed by atoms with Crippen LogP contribution >= 0.6 is 0 Å². The summed E-state index contributed by atoms with van der Waals surface area (Å²) < 4.78 is 64.8. The van der Waals surface area contributed by atoms with Gasteiger partial charge in [-0.3, -0.25) is 0 Å². The van der Waals surface area contributed by atoms with Crippen molar-refractivity contribution in [2.45, 2.75) is 64.5 Å². The van der Waals surface area contributed by atoms with Gasteiger partial charge < -0.3 is 19.7 Å². The van der Waals surface area contributed by atoms with E-state index in [0.29, 0.717) is 6.07 Å². The Hall–Kier alpha value is -2.52. The normalized spacial score (nSPS) is 16.5. The Bertz CT molecular complexity index is 820. The van der Waals surface area contributed by atoms with E-state index < -0.39 is 46.5 Å². The molecule has 1 saturated heterocycles. The maximum Gasteiger partial charge on any atom is 0.419 e. The zero-order valence-electron chi connectivity index (χ0n) is 17.7. The van der Waals surface area contributed by atoms with Gasteiger partial charge in [0.2, 0.25) is 0 Å². The fourth-order valence-corrected chi connectivity index (χ4v) is 3.00. The molecule has 2 rings (SSSR count). The molecule has 1 aromatic rings. The zero-order chi connectivity index (χ0) is 23.1. The molecular weight excluding hydrogens is 408 g/mol. The Kier molecular flexibility index (Phi) is 6.04. The maximum absolute atomic E-state index is 14.8. The third kappa shape index (κ3) is 5.54. The molecule has 1 N–H and O–H groups in total. The molecule has 0 aliphatic carbocycles. The minimum atomic E-state index is -4.91. The fraction of sp³-hybridized carbons (Fsp3) is 0.600. The number of hydrogen-bond donors (Lipinski definition) is 1. The second-order valence-corrected chi connectivity index (χ2v) is 9.21. The van der Waals surface area contributed by atoms with E-state index >= 15 is 0 Å². The number of carbonyl (C=O) groups is 2. The summed E-state index contributed by atoms with van der Waals surface area (Å²) in [5.74, 6) is -1.51. The Morgan fingerprint density at radius 3 is 2.00 bits per heavy atom. The molecule has 2 amide bonds. The van der Waals surface area contributed by atoms with E-state index in [9.17, 15) is 27.2 Å². The van der Waals surface area contributed by atoms with Crippen LogP contribution in [-0.2, 0) is 21.2 Å². The van der Waals surface area contributed by atoms with E-state index in [1.165, 1.54) is 4.90 Å². The van der Waals surface area contributed by atoms with Crippen molar-refractivity contribution in [2.75, 3.05) is 13.1 Å². The van der Waals surface area contributed by atoms with Crippen LogP contribution in [-0.4, -0.2) is 41.4 Å². The van der Waals surface area contributed by atoms with Gasteiger partial charge in [-0.25, -0.2) is 14.0 Å². The number of rotatable bonds is 2. The first-order valence-electron chi connectivity index (χ1n) is 9.29. The summed E-state index contributed by atoms with van der Waals surface area (Å²) in [5, 5.41) is 2.45. The van der Waals surface area contributed by atoms with Crippen LogP contribution in [0.1, 0.15) is 52.7 Å². The third-order valence-electron chi connectivity index (χ3n) is 4.13. The van der Waals surface area contributed by atoms with Gasteiger partial charge in [0.25, 0.3) is 0 Å². The van der Waals surface area contributed by atoms with Gasteiger partial charge in [-0.1, -0.05) is 12.1 Å². The molecule has 0 spiro atoms. The predicted molar refractivity (Wildman–Crippen MR) is 100 cm³/mol. The van der Waals surface area contributed by atoms with Gasteiger partial charge >= 0.3 is 18.4 Å². The highest BCUT2D eigenvalue weighted by atomic mass is 19.4. The number of carbonyl (C=O) groups excluding carboxylic acids is 2. The Balaban J connectivity index is 2.38.